The van der Waals surface area contributed by atoms with Crippen LogP contribution in [0.15, 0.2) is 35.4 Å². The van der Waals surface area contributed by atoms with Gasteiger partial charge < -0.3 is 0 Å². The van der Waals surface area contributed by atoms with E-state index in [-0.39, 0.29) is 4.90 Å². The number of aromatic nitrogens is 2. The van der Waals surface area contributed by atoms with Crippen molar-refractivity contribution in [2.24, 2.45) is 0 Å². The highest BCUT2D eigenvalue weighted by molar-refractivity contribution is 8.13. The Balaban J connectivity index is 2.64. The second kappa shape index (κ2) is 4.33. The van der Waals surface area contributed by atoms with Gasteiger partial charge in [0.1, 0.15) is 4.90 Å². The van der Waals surface area contributed by atoms with Gasteiger partial charge in [0.25, 0.3) is 9.05 Å². The number of rotatable bonds is 2. The molecule has 4 nitrogen and oxygen atoms in total. The summed E-state index contributed by atoms with van der Waals surface area (Å²) in [4.78, 5) is -0.0147. The monoisotopic (exact) mass is 290 g/mol. The highest BCUT2D eigenvalue weighted by atomic mass is 35.7. The highest BCUT2D eigenvalue weighted by Gasteiger charge is 2.19. The Morgan fingerprint density at radius 1 is 1.29 bits per heavy atom. The van der Waals surface area contributed by atoms with Crippen LogP contribution in [0.4, 0.5) is 0 Å². The van der Waals surface area contributed by atoms with Crippen molar-refractivity contribution in [2.45, 2.75) is 11.8 Å². The van der Waals surface area contributed by atoms with Crippen LogP contribution in [0, 0.1) is 6.92 Å². The average Bonchev–Trinajstić information content (AvgIpc) is 2.60. The van der Waals surface area contributed by atoms with Crippen LogP contribution in [0.1, 0.15) is 5.69 Å². The summed E-state index contributed by atoms with van der Waals surface area (Å²) in [5.41, 5.74) is 1.03. The van der Waals surface area contributed by atoms with Crippen LogP contribution in [0.3, 0.4) is 0 Å². The Morgan fingerprint density at radius 3 is 2.47 bits per heavy atom. The molecule has 0 amide bonds. The molecule has 0 aliphatic carbocycles. The lowest BCUT2D eigenvalue weighted by Gasteiger charge is -2.06. The van der Waals surface area contributed by atoms with Crippen molar-refractivity contribution >= 4 is 31.3 Å². The van der Waals surface area contributed by atoms with Gasteiger partial charge in [0.15, 0.2) is 0 Å². The number of nitrogens with zero attached hydrogens (tertiary/aromatic N) is 2. The standard InChI is InChI=1S/C10H8Cl2N2O2S/c1-7-10(17(12,15)16)6-13-14(7)9-5-3-2-4-8(9)11/h2-6H,1H3. The predicted octanol–water partition coefficient (Wildman–Crippen LogP) is 2.76. The van der Waals surface area contributed by atoms with Crippen LogP contribution in [-0.4, -0.2) is 18.2 Å². The number of para-hydroxylation sites is 1. The van der Waals surface area contributed by atoms with E-state index in [1.165, 1.54) is 10.9 Å². The zero-order valence-corrected chi connectivity index (χ0v) is 11.1. The second-order valence-corrected chi connectivity index (χ2v) is 6.34. The van der Waals surface area contributed by atoms with Crippen LogP contribution in [0.5, 0.6) is 0 Å². The van der Waals surface area contributed by atoms with E-state index in [4.69, 9.17) is 22.3 Å². The average molecular weight is 291 g/mol. The molecule has 1 heterocycles. The Labute approximate surface area is 108 Å². The summed E-state index contributed by atoms with van der Waals surface area (Å²) in [6.07, 6.45) is 1.21. The van der Waals surface area contributed by atoms with E-state index in [2.05, 4.69) is 5.10 Å². The Kier molecular flexibility index (Phi) is 3.16. The first-order valence-electron chi connectivity index (χ1n) is 4.65. The summed E-state index contributed by atoms with van der Waals surface area (Å²) in [5.74, 6) is 0. The molecular weight excluding hydrogens is 283 g/mol. The third-order valence-corrected chi connectivity index (χ3v) is 4.05. The smallest absolute Gasteiger partial charge is 0.235 e. The molecular formula is C10H8Cl2N2O2S. The molecule has 7 heteroatoms. The van der Waals surface area contributed by atoms with Gasteiger partial charge in [-0.15, -0.1) is 0 Å². The van der Waals surface area contributed by atoms with Crippen molar-refractivity contribution in [3.8, 4) is 5.69 Å². The first kappa shape index (κ1) is 12.4. The maximum absolute atomic E-state index is 11.3. The molecule has 0 saturated carbocycles. The van der Waals surface area contributed by atoms with Crippen molar-refractivity contribution in [3.05, 3.63) is 41.2 Å². The van der Waals surface area contributed by atoms with E-state index < -0.39 is 9.05 Å². The van der Waals surface area contributed by atoms with Gasteiger partial charge in [-0.25, -0.2) is 13.1 Å². The quantitative estimate of drug-likeness (QED) is 0.799. The van der Waals surface area contributed by atoms with Gasteiger partial charge >= 0.3 is 0 Å². The molecule has 0 bridgehead atoms. The van der Waals surface area contributed by atoms with Gasteiger partial charge in [0.2, 0.25) is 0 Å². The summed E-state index contributed by atoms with van der Waals surface area (Å²) in [6.45, 7) is 1.62. The van der Waals surface area contributed by atoms with Crippen LogP contribution in [0.25, 0.3) is 5.69 Å². The maximum Gasteiger partial charge on any atom is 0.264 e. The second-order valence-electron chi connectivity index (χ2n) is 3.40. The topological polar surface area (TPSA) is 52.0 Å². The van der Waals surface area contributed by atoms with Gasteiger partial charge in [-0.2, -0.15) is 5.10 Å². The minimum atomic E-state index is -3.79. The number of benzene rings is 1. The van der Waals surface area contributed by atoms with Crippen molar-refractivity contribution in [3.63, 3.8) is 0 Å². The van der Waals surface area contributed by atoms with E-state index in [0.717, 1.165) is 0 Å². The summed E-state index contributed by atoms with van der Waals surface area (Å²) in [5, 5.41) is 4.47. The predicted molar refractivity (Wildman–Crippen MR) is 66.3 cm³/mol. The van der Waals surface area contributed by atoms with Gasteiger partial charge in [-0.3, -0.25) is 0 Å². The van der Waals surface area contributed by atoms with Crippen molar-refractivity contribution in [1.29, 1.82) is 0 Å². The van der Waals surface area contributed by atoms with Gasteiger partial charge in [0.05, 0.1) is 22.6 Å². The molecule has 0 radical (unpaired) electrons. The molecule has 0 unspecified atom stereocenters. The Morgan fingerprint density at radius 2 is 1.94 bits per heavy atom. The van der Waals surface area contributed by atoms with E-state index >= 15 is 0 Å². The first-order valence-corrected chi connectivity index (χ1v) is 7.34. The van der Waals surface area contributed by atoms with Crippen molar-refractivity contribution < 1.29 is 8.42 Å². The van der Waals surface area contributed by atoms with E-state index in [9.17, 15) is 8.42 Å². The summed E-state index contributed by atoms with van der Waals surface area (Å²) in [7, 11) is 1.50. The largest absolute Gasteiger partial charge is 0.264 e. The number of halogens is 2. The van der Waals surface area contributed by atoms with Gasteiger partial charge in [-0.1, -0.05) is 23.7 Å². The third-order valence-electron chi connectivity index (χ3n) is 2.31. The highest BCUT2D eigenvalue weighted by Crippen LogP contribution is 2.25. The van der Waals surface area contributed by atoms with Crippen LogP contribution in [-0.2, 0) is 9.05 Å². The van der Waals surface area contributed by atoms with Crippen LogP contribution < -0.4 is 0 Å². The number of hydrogen-bond acceptors (Lipinski definition) is 3. The molecule has 0 saturated heterocycles. The fraction of sp³-hybridized carbons (Fsp3) is 0.100. The molecule has 1 aromatic carbocycles. The number of hydrogen-bond donors (Lipinski definition) is 0. The van der Waals surface area contributed by atoms with E-state index in [1.54, 1.807) is 31.2 Å². The molecule has 2 aromatic rings. The third kappa shape index (κ3) is 2.31. The minimum Gasteiger partial charge on any atom is -0.235 e. The summed E-state index contributed by atoms with van der Waals surface area (Å²) >= 11 is 6.01. The fourth-order valence-corrected chi connectivity index (χ4v) is 2.78. The molecule has 0 aliphatic heterocycles. The zero-order valence-electron chi connectivity index (χ0n) is 8.76. The summed E-state index contributed by atoms with van der Waals surface area (Å²) < 4.78 is 24.0. The van der Waals surface area contributed by atoms with Gasteiger partial charge in [-0.05, 0) is 19.1 Å². The zero-order chi connectivity index (χ0) is 12.6. The molecule has 0 aliphatic rings. The van der Waals surface area contributed by atoms with Crippen molar-refractivity contribution in [1.82, 2.24) is 9.78 Å². The Hall–Kier alpha value is -1.04. The van der Waals surface area contributed by atoms with Gasteiger partial charge in [0, 0.05) is 10.7 Å². The molecule has 0 N–H and O–H groups in total. The van der Waals surface area contributed by atoms with Crippen LogP contribution in [0.2, 0.25) is 5.02 Å². The molecule has 0 spiro atoms. The molecule has 90 valence electrons. The van der Waals surface area contributed by atoms with Crippen molar-refractivity contribution in [2.75, 3.05) is 0 Å². The van der Waals surface area contributed by atoms with Crippen LogP contribution >= 0.6 is 22.3 Å². The molecule has 2 rings (SSSR count). The molecule has 0 atom stereocenters. The van der Waals surface area contributed by atoms with E-state index in [1.807, 2.05) is 0 Å². The lowest BCUT2D eigenvalue weighted by Crippen LogP contribution is -2.01. The fourth-order valence-electron chi connectivity index (χ4n) is 1.50. The normalized spacial score (nSPS) is 11.7. The minimum absolute atomic E-state index is 0.0147. The molecule has 17 heavy (non-hydrogen) atoms. The first-order chi connectivity index (χ1) is 7.91. The lowest BCUT2D eigenvalue weighted by atomic mass is 10.3. The SMILES string of the molecule is Cc1c(S(=O)(=O)Cl)cnn1-c1ccccc1Cl. The molecule has 1 aromatic heterocycles. The summed E-state index contributed by atoms with van der Waals surface area (Å²) in [6, 6.07) is 7.01. The van der Waals surface area contributed by atoms with E-state index in [0.29, 0.717) is 16.4 Å². The Bertz CT molecular complexity index is 665. The lowest BCUT2D eigenvalue weighted by molar-refractivity contribution is 0.609. The maximum atomic E-state index is 11.3. The molecule has 0 fully saturated rings.